The molecule has 0 aliphatic heterocycles. The zero-order chi connectivity index (χ0) is 14.8. The van der Waals surface area contributed by atoms with Gasteiger partial charge in [-0.2, -0.15) is 0 Å². The molecular formula is C18H31NO. The molecule has 0 aromatic heterocycles. The summed E-state index contributed by atoms with van der Waals surface area (Å²) in [4.78, 5) is 0. The van der Waals surface area contributed by atoms with Crippen molar-refractivity contribution in [2.45, 2.75) is 65.0 Å². The van der Waals surface area contributed by atoms with Gasteiger partial charge in [-0.15, -0.1) is 0 Å². The third-order valence-corrected chi connectivity index (χ3v) is 3.85. The number of aryl methyl sites for hydroxylation is 1. The second-order valence-electron chi connectivity index (χ2n) is 5.67. The molecule has 1 aromatic carbocycles. The normalized spacial score (nSPS) is 14.2. The molecule has 0 saturated carbocycles. The largest absolute Gasteiger partial charge is 0.377 e. The van der Waals surface area contributed by atoms with Crippen molar-refractivity contribution in [2.24, 2.45) is 0 Å². The van der Waals surface area contributed by atoms with E-state index in [-0.39, 0.29) is 12.1 Å². The minimum Gasteiger partial charge on any atom is -0.377 e. The van der Waals surface area contributed by atoms with Crippen LogP contribution >= 0.6 is 0 Å². The molecule has 0 bridgehead atoms. The first-order valence-corrected chi connectivity index (χ1v) is 8.04. The topological polar surface area (TPSA) is 21.3 Å². The summed E-state index contributed by atoms with van der Waals surface area (Å²) in [5.74, 6) is 0. The Labute approximate surface area is 124 Å². The molecule has 0 aliphatic rings. The maximum Gasteiger partial charge on any atom is 0.0741 e. The monoisotopic (exact) mass is 277 g/mol. The van der Waals surface area contributed by atoms with Crippen LogP contribution in [0.15, 0.2) is 24.3 Å². The summed E-state index contributed by atoms with van der Waals surface area (Å²) >= 11 is 0. The van der Waals surface area contributed by atoms with Crippen LogP contribution in [0.2, 0.25) is 0 Å². The minimum atomic E-state index is 0.203. The summed E-state index contributed by atoms with van der Waals surface area (Å²) < 4.78 is 6.00. The summed E-state index contributed by atoms with van der Waals surface area (Å²) in [6, 6.07) is 8.98. The molecule has 2 atom stereocenters. The van der Waals surface area contributed by atoms with E-state index in [0.29, 0.717) is 0 Å². The average Bonchev–Trinajstić information content (AvgIpc) is 2.45. The van der Waals surface area contributed by atoms with E-state index in [1.165, 1.54) is 43.2 Å². The number of likely N-dealkylation sites (N-methyl/N-ethyl adjacent to an activating group) is 1. The lowest BCUT2D eigenvalue weighted by atomic mass is 10.0. The van der Waals surface area contributed by atoms with E-state index in [0.717, 1.165) is 6.61 Å². The summed E-state index contributed by atoms with van der Waals surface area (Å²) in [7, 11) is 2.01. The Bertz CT molecular complexity index is 347. The minimum absolute atomic E-state index is 0.203. The molecule has 0 heterocycles. The van der Waals surface area contributed by atoms with E-state index in [1.54, 1.807) is 0 Å². The number of rotatable bonds is 10. The number of hydrogen-bond donors (Lipinski definition) is 1. The van der Waals surface area contributed by atoms with Gasteiger partial charge in [0.15, 0.2) is 0 Å². The van der Waals surface area contributed by atoms with Crippen molar-refractivity contribution in [3.63, 3.8) is 0 Å². The standard InChI is InChI=1S/C18H31NO/c1-5-6-7-8-9-14-20-16(3)18(19-4)17-12-10-15(2)11-13-17/h10-13,16,18-19H,5-9,14H2,1-4H3. The van der Waals surface area contributed by atoms with E-state index in [2.05, 4.69) is 50.4 Å². The molecule has 20 heavy (non-hydrogen) atoms. The fourth-order valence-corrected chi connectivity index (χ4v) is 2.52. The average molecular weight is 277 g/mol. The fourth-order valence-electron chi connectivity index (χ4n) is 2.52. The Morgan fingerprint density at radius 1 is 1.05 bits per heavy atom. The molecule has 0 amide bonds. The van der Waals surface area contributed by atoms with Crippen LogP contribution in [0.1, 0.15) is 63.1 Å². The SMILES string of the molecule is CCCCCCCOC(C)C(NC)c1ccc(C)cc1. The third-order valence-electron chi connectivity index (χ3n) is 3.85. The Morgan fingerprint density at radius 3 is 2.30 bits per heavy atom. The molecule has 0 radical (unpaired) electrons. The maximum atomic E-state index is 6.00. The van der Waals surface area contributed by atoms with Gasteiger partial charge in [0, 0.05) is 6.61 Å². The Balaban J connectivity index is 2.35. The van der Waals surface area contributed by atoms with E-state index < -0.39 is 0 Å². The summed E-state index contributed by atoms with van der Waals surface area (Å²) in [6.07, 6.45) is 6.64. The Hall–Kier alpha value is -0.860. The van der Waals surface area contributed by atoms with Gasteiger partial charge >= 0.3 is 0 Å². The van der Waals surface area contributed by atoms with E-state index in [4.69, 9.17) is 4.74 Å². The van der Waals surface area contributed by atoms with Crippen LogP contribution in [0.25, 0.3) is 0 Å². The molecule has 0 saturated heterocycles. The lowest BCUT2D eigenvalue weighted by molar-refractivity contribution is 0.0379. The van der Waals surface area contributed by atoms with Crippen molar-refractivity contribution in [1.82, 2.24) is 5.32 Å². The van der Waals surface area contributed by atoms with Gasteiger partial charge in [0.1, 0.15) is 0 Å². The van der Waals surface area contributed by atoms with Crippen LogP contribution in [0, 0.1) is 6.92 Å². The van der Waals surface area contributed by atoms with E-state index >= 15 is 0 Å². The molecule has 1 aromatic rings. The van der Waals surface area contributed by atoms with Gasteiger partial charge in [0.25, 0.3) is 0 Å². The van der Waals surface area contributed by atoms with Gasteiger partial charge in [-0.3, -0.25) is 0 Å². The number of hydrogen-bond acceptors (Lipinski definition) is 2. The molecule has 2 nitrogen and oxygen atoms in total. The second kappa shape index (κ2) is 9.95. The van der Waals surface area contributed by atoms with Crippen molar-refractivity contribution >= 4 is 0 Å². The van der Waals surface area contributed by atoms with Gasteiger partial charge in [0.05, 0.1) is 12.1 Å². The van der Waals surface area contributed by atoms with Gasteiger partial charge < -0.3 is 10.1 Å². The molecule has 0 fully saturated rings. The molecule has 0 aliphatic carbocycles. The van der Waals surface area contributed by atoms with Gasteiger partial charge in [0.2, 0.25) is 0 Å². The van der Waals surface area contributed by atoms with Crippen LogP contribution in [0.3, 0.4) is 0 Å². The first-order valence-electron chi connectivity index (χ1n) is 8.04. The van der Waals surface area contributed by atoms with Crippen LogP contribution < -0.4 is 5.32 Å². The summed E-state index contributed by atoms with van der Waals surface area (Å²) in [6.45, 7) is 7.40. The molecular weight excluding hydrogens is 246 g/mol. The van der Waals surface area contributed by atoms with Crippen LogP contribution in [-0.2, 0) is 4.74 Å². The molecule has 2 unspecified atom stereocenters. The predicted octanol–water partition coefficient (Wildman–Crippen LogP) is 4.63. The van der Waals surface area contributed by atoms with Gasteiger partial charge in [-0.1, -0.05) is 62.4 Å². The summed E-state index contributed by atoms with van der Waals surface area (Å²) in [5, 5.41) is 3.37. The molecule has 1 rings (SSSR count). The molecule has 1 N–H and O–H groups in total. The Morgan fingerprint density at radius 2 is 1.70 bits per heavy atom. The zero-order valence-electron chi connectivity index (χ0n) is 13.6. The predicted molar refractivity (Wildman–Crippen MR) is 87.2 cm³/mol. The highest BCUT2D eigenvalue weighted by atomic mass is 16.5. The summed E-state index contributed by atoms with van der Waals surface area (Å²) in [5.41, 5.74) is 2.60. The highest BCUT2D eigenvalue weighted by Gasteiger charge is 2.17. The first-order chi connectivity index (χ1) is 9.69. The van der Waals surface area contributed by atoms with Crippen molar-refractivity contribution in [3.05, 3.63) is 35.4 Å². The Kier molecular flexibility index (Phi) is 8.56. The van der Waals surface area contributed by atoms with E-state index in [1.807, 2.05) is 7.05 Å². The number of nitrogens with one attached hydrogen (secondary N) is 1. The number of benzene rings is 1. The molecule has 0 spiro atoms. The molecule has 114 valence electrons. The van der Waals surface area contributed by atoms with Crippen molar-refractivity contribution in [2.75, 3.05) is 13.7 Å². The lowest BCUT2D eigenvalue weighted by Crippen LogP contribution is -2.29. The smallest absolute Gasteiger partial charge is 0.0741 e. The number of unbranched alkanes of at least 4 members (excludes halogenated alkanes) is 4. The fraction of sp³-hybridized carbons (Fsp3) is 0.667. The second-order valence-corrected chi connectivity index (χ2v) is 5.67. The first kappa shape index (κ1) is 17.2. The van der Waals surface area contributed by atoms with Crippen molar-refractivity contribution in [3.8, 4) is 0 Å². The quantitative estimate of drug-likeness (QED) is 0.629. The maximum absolute atomic E-state index is 6.00. The van der Waals surface area contributed by atoms with Crippen LogP contribution in [0.4, 0.5) is 0 Å². The highest BCUT2D eigenvalue weighted by Crippen LogP contribution is 2.19. The van der Waals surface area contributed by atoms with Gasteiger partial charge in [-0.05, 0) is 32.9 Å². The van der Waals surface area contributed by atoms with Crippen molar-refractivity contribution < 1.29 is 4.74 Å². The lowest BCUT2D eigenvalue weighted by Gasteiger charge is -2.24. The van der Waals surface area contributed by atoms with Crippen molar-refractivity contribution in [1.29, 1.82) is 0 Å². The van der Waals surface area contributed by atoms with Crippen LogP contribution in [-0.4, -0.2) is 19.8 Å². The van der Waals surface area contributed by atoms with Gasteiger partial charge in [-0.25, -0.2) is 0 Å². The number of ether oxygens (including phenoxy) is 1. The third kappa shape index (κ3) is 6.06. The zero-order valence-corrected chi connectivity index (χ0v) is 13.6. The van der Waals surface area contributed by atoms with E-state index in [9.17, 15) is 0 Å². The molecule has 2 heteroatoms. The highest BCUT2D eigenvalue weighted by molar-refractivity contribution is 5.24. The van der Waals surface area contributed by atoms with Crippen LogP contribution in [0.5, 0.6) is 0 Å².